The average molecular weight is 325 g/mol. The minimum atomic E-state index is 0. The largest absolute Gasteiger partial charge is 0.348 e. The minimum Gasteiger partial charge on any atom is -0.348 e. The molecule has 1 aromatic carbocycles. The molecule has 0 aliphatic carbocycles. The van der Waals surface area contributed by atoms with Crippen LogP contribution in [-0.4, -0.2) is 23.1 Å². The number of nitrogens with zero attached hydrogens (tertiary/aromatic N) is 2. The lowest BCUT2D eigenvalue weighted by Crippen LogP contribution is -2.27. The van der Waals surface area contributed by atoms with Gasteiger partial charge in [0.15, 0.2) is 0 Å². The van der Waals surface area contributed by atoms with E-state index in [0.717, 1.165) is 43.0 Å². The van der Waals surface area contributed by atoms with E-state index in [4.69, 9.17) is 10.2 Å². The van der Waals surface area contributed by atoms with Gasteiger partial charge in [-0.25, -0.2) is 4.98 Å². The minimum absolute atomic E-state index is 0. The molecule has 0 unspecified atom stereocenters. The molecule has 2 N–H and O–H groups in total. The van der Waals surface area contributed by atoms with Crippen LogP contribution >= 0.6 is 24.8 Å². The van der Waals surface area contributed by atoms with Crippen LogP contribution in [0.15, 0.2) is 30.5 Å². The quantitative estimate of drug-likeness (QED) is 0.891. The van der Waals surface area contributed by atoms with Gasteiger partial charge in [-0.05, 0) is 38.1 Å². The highest BCUT2D eigenvalue weighted by Crippen LogP contribution is 2.25. The maximum Gasteiger partial charge on any atom is 0.110 e. The van der Waals surface area contributed by atoms with Crippen LogP contribution in [0.2, 0.25) is 0 Å². The Kier molecular flexibility index (Phi) is 6.70. The molecule has 3 rings (SSSR count). The summed E-state index contributed by atoms with van der Waals surface area (Å²) in [5, 5.41) is 12.2. The van der Waals surface area contributed by atoms with Crippen LogP contribution in [0.1, 0.15) is 30.1 Å². The highest BCUT2D eigenvalue weighted by Gasteiger charge is 2.18. The summed E-state index contributed by atoms with van der Waals surface area (Å²) in [5.74, 6) is 1.62. The standard InChI is InChI=1S/C15H16N4.2ClH/c16-9-11-1-3-12(4-2-11)14-10-18-15(19-14)13-5-7-17-8-6-13;;/h1-4,10,13,17H,5-8H2,(H,18,19);2*1H. The fraction of sp³-hybridized carbons (Fsp3) is 0.333. The predicted molar refractivity (Wildman–Crippen MR) is 88.1 cm³/mol. The van der Waals surface area contributed by atoms with Crippen LogP contribution in [0.3, 0.4) is 0 Å². The van der Waals surface area contributed by atoms with Crippen LogP contribution in [-0.2, 0) is 0 Å². The van der Waals surface area contributed by atoms with Gasteiger partial charge in [0.2, 0.25) is 0 Å². The monoisotopic (exact) mass is 324 g/mol. The maximum absolute atomic E-state index is 8.80. The summed E-state index contributed by atoms with van der Waals surface area (Å²) in [7, 11) is 0. The number of hydrogen-bond donors (Lipinski definition) is 2. The first-order valence-electron chi connectivity index (χ1n) is 6.63. The second-order valence-electron chi connectivity index (χ2n) is 4.88. The zero-order valence-corrected chi connectivity index (χ0v) is 13.1. The Bertz CT molecular complexity index is 595. The summed E-state index contributed by atoms with van der Waals surface area (Å²) in [5.41, 5.74) is 2.69. The zero-order chi connectivity index (χ0) is 13.1. The third-order valence-corrected chi connectivity index (χ3v) is 3.63. The number of hydrogen-bond acceptors (Lipinski definition) is 3. The number of piperidine rings is 1. The van der Waals surface area contributed by atoms with Crippen molar-refractivity contribution in [2.24, 2.45) is 0 Å². The molecular weight excluding hydrogens is 307 g/mol. The number of nitriles is 1. The number of rotatable bonds is 2. The second kappa shape index (κ2) is 8.04. The van der Waals surface area contributed by atoms with Gasteiger partial charge in [0.25, 0.3) is 0 Å². The van der Waals surface area contributed by atoms with Crippen LogP contribution in [0.5, 0.6) is 0 Å². The van der Waals surface area contributed by atoms with Crippen LogP contribution in [0.4, 0.5) is 0 Å². The number of H-pyrrole nitrogens is 1. The number of halogens is 2. The van der Waals surface area contributed by atoms with Crippen molar-refractivity contribution in [2.75, 3.05) is 13.1 Å². The Labute approximate surface area is 136 Å². The van der Waals surface area contributed by atoms with Gasteiger partial charge in [-0.3, -0.25) is 0 Å². The first kappa shape index (κ1) is 17.5. The number of benzene rings is 1. The van der Waals surface area contributed by atoms with Crippen LogP contribution < -0.4 is 5.32 Å². The highest BCUT2D eigenvalue weighted by atomic mass is 35.5. The summed E-state index contributed by atoms with van der Waals surface area (Å²) in [6, 6.07) is 9.67. The van der Waals surface area contributed by atoms with Gasteiger partial charge in [-0.1, -0.05) is 12.1 Å². The molecule has 1 aliphatic heterocycles. The number of imidazole rings is 1. The molecule has 21 heavy (non-hydrogen) atoms. The number of aromatic amines is 1. The molecule has 0 spiro atoms. The molecule has 1 fully saturated rings. The fourth-order valence-electron chi connectivity index (χ4n) is 2.50. The average Bonchev–Trinajstić information content (AvgIpc) is 2.98. The molecule has 0 radical (unpaired) electrons. The van der Waals surface area contributed by atoms with Gasteiger partial charge < -0.3 is 10.3 Å². The van der Waals surface area contributed by atoms with Gasteiger partial charge in [0, 0.05) is 17.7 Å². The van der Waals surface area contributed by atoms with E-state index in [0.29, 0.717) is 11.5 Å². The molecule has 2 aromatic rings. The molecular formula is C15H18Cl2N4. The van der Waals surface area contributed by atoms with Crippen molar-refractivity contribution >= 4 is 24.8 Å². The predicted octanol–water partition coefficient (Wildman–Crippen LogP) is 3.26. The summed E-state index contributed by atoms with van der Waals surface area (Å²) in [6.07, 6.45) is 4.24. The van der Waals surface area contributed by atoms with Gasteiger partial charge >= 0.3 is 0 Å². The molecule has 4 nitrogen and oxygen atoms in total. The SMILES string of the molecule is Cl.Cl.N#Cc1ccc(-c2c[nH]c(C3CCNCC3)n2)cc1. The lowest BCUT2D eigenvalue weighted by atomic mass is 9.98. The smallest absolute Gasteiger partial charge is 0.110 e. The third kappa shape index (κ3) is 3.98. The van der Waals surface area contributed by atoms with E-state index >= 15 is 0 Å². The van der Waals surface area contributed by atoms with Gasteiger partial charge in [0.05, 0.1) is 17.3 Å². The van der Waals surface area contributed by atoms with E-state index in [1.807, 2.05) is 30.5 Å². The van der Waals surface area contributed by atoms with Gasteiger partial charge in [0.1, 0.15) is 5.82 Å². The molecule has 1 aliphatic rings. The zero-order valence-electron chi connectivity index (χ0n) is 11.5. The summed E-state index contributed by atoms with van der Waals surface area (Å²) in [6.45, 7) is 2.13. The second-order valence-corrected chi connectivity index (χ2v) is 4.88. The van der Waals surface area contributed by atoms with Crippen molar-refractivity contribution in [2.45, 2.75) is 18.8 Å². The van der Waals surface area contributed by atoms with Crippen molar-refractivity contribution < 1.29 is 0 Å². The van der Waals surface area contributed by atoms with Gasteiger partial charge in [-0.2, -0.15) is 5.26 Å². The topological polar surface area (TPSA) is 64.5 Å². The lowest BCUT2D eigenvalue weighted by molar-refractivity contribution is 0.447. The van der Waals surface area contributed by atoms with Crippen molar-refractivity contribution in [3.05, 3.63) is 41.9 Å². The van der Waals surface area contributed by atoms with E-state index in [9.17, 15) is 0 Å². The van der Waals surface area contributed by atoms with Crippen molar-refractivity contribution in [1.82, 2.24) is 15.3 Å². The molecule has 1 saturated heterocycles. The van der Waals surface area contributed by atoms with E-state index in [2.05, 4.69) is 16.4 Å². The summed E-state index contributed by atoms with van der Waals surface area (Å²) < 4.78 is 0. The number of aromatic nitrogens is 2. The van der Waals surface area contributed by atoms with E-state index in [-0.39, 0.29) is 24.8 Å². The first-order chi connectivity index (χ1) is 9.36. The van der Waals surface area contributed by atoms with Crippen LogP contribution in [0, 0.1) is 11.3 Å². The Morgan fingerprint density at radius 2 is 1.76 bits per heavy atom. The summed E-state index contributed by atoms with van der Waals surface area (Å²) >= 11 is 0. The Morgan fingerprint density at radius 3 is 2.38 bits per heavy atom. The van der Waals surface area contributed by atoms with Crippen molar-refractivity contribution in [3.63, 3.8) is 0 Å². The van der Waals surface area contributed by atoms with Crippen molar-refractivity contribution in [3.8, 4) is 17.3 Å². The maximum atomic E-state index is 8.80. The highest BCUT2D eigenvalue weighted by molar-refractivity contribution is 5.85. The normalized spacial score (nSPS) is 14.6. The van der Waals surface area contributed by atoms with Crippen LogP contribution in [0.25, 0.3) is 11.3 Å². The van der Waals surface area contributed by atoms with E-state index < -0.39 is 0 Å². The molecule has 1 aromatic heterocycles. The van der Waals surface area contributed by atoms with E-state index in [1.54, 1.807) is 0 Å². The molecule has 0 saturated carbocycles. The number of nitrogens with one attached hydrogen (secondary N) is 2. The lowest BCUT2D eigenvalue weighted by Gasteiger charge is -2.20. The van der Waals surface area contributed by atoms with Gasteiger partial charge in [-0.15, -0.1) is 24.8 Å². The molecule has 2 heterocycles. The summed E-state index contributed by atoms with van der Waals surface area (Å²) in [4.78, 5) is 7.99. The van der Waals surface area contributed by atoms with E-state index in [1.165, 1.54) is 0 Å². The molecule has 112 valence electrons. The molecule has 6 heteroatoms. The van der Waals surface area contributed by atoms with Crippen molar-refractivity contribution in [1.29, 1.82) is 5.26 Å². The molecule has 0 bridgehead atoms. The Hall–Kier alpha value is -1.54. The fourth-order valence-corrected chi connectivity index (χ4v) is 2.50. The molecule has 0 atom stereocenters. The Balaban J connectivity index is 0.00000110. The Morgan fingerprint density at radius 1 is 1.10 bits per heavy atom. The molecule has 0 amide bonds. The first-order valence-corrected chi connectivity index (χ1v) is 6.63. The third-order valence-electron chi connectivity index (χ3n) is 3.63.